The first kappa shape index (κ1) is 16.6. The van der Waals surface area contributed by atoms with Gasteiger partial charge in [-0.15, -0.1) is 0 Å². The summed E-state index contributed by atoms with van der Waals surface area (Å²) in [4.78, 5) is 23.1. The molecular weight excluding hydrogens is 292 g/mol. The smallest absolute Gasteiger partial charge is 0.420 e. The van der Waals surface area contributed by atoms with Crippen molar-refractivity contribution in [1.82, 2.24) is 4.57 Å². The van der Waals surface area contributed by atoms with Crippen LogP contribution in [0.25, 0.3) is 0 Å². The number of nitrogens with zero attached hydrogens (tertiary/aromatic N) is 1. The van der Waals surface area contributed by atoms with Crippen molar-refractivity contribution >= 4 is 6.09 Å². The van der Waals surface area contributed by atoms with E-state index in [1.165, 1.54) is 12.3 Å². The zero-order valence-electron chi connectivity index (χ0n) is 12.5. The van der Waals surface area contributed by atoms with Crippen LogP contribution in [-0.4, -0.2) is 23.2 Å². The Morgan fingerprint density at radius 3 is 2.68 bits per heavy atom. The third-order valence-electron chi connectivity index (χ3n) is 4.09. The first-order valence-electron chi connectivity index (χ1n) is 7.70. The summed E-state index contributed by atoms with van der Waals surface area (Å²) in [7, 11) is 0. The number of carbonyl (C=O) groups is 1. The van der Waals surface area contributed by atoms with E-state index in [-0.39, 0.29) is 19.4 Å². The minimum atomic E-state index is -2.48. The van der Waals surface area contributed by atoms with Crippen LogP contribution in [0, 0.1) is 5.92 Å². The Kier molecular flexibility index (Phi) is 5.69. The first-order valence-corrected chi connectivity index (χ1v) is 7.70. The Bertz CT molecular complexity index is 546. The first-order chi connectivity index (χ1) is 10.5. The average Bonchev–Trinajstić information content (AvgIpc) is 2.48. The van der Waals surface area contributed by atoms with E-state index in [0.717, 1.165) is 17.4 Å². The molecule has 22 heavy (non-hydrogen) atoms. The van der Waals surface area contributed by atoms with Crippen molar-refractivity contribution in [3.8, 4) is 0 Å². The maximum absolute atomic E-state index is 13.0. The minimum Gasteiger partial charge on any atom is -0.449 e. The monoisotopic (exact) mass is 313 g/mol. The van der Waals surface area contributed by atoms with Crippen molar-refractivity contribution in [3.05, 3.63) is 34.7 Å². The summed E-state index contributed by atoms with van der Waals surface area (Å²) in [6.07, 6.45) is 4.23. The van der Waals surface area contributed by atoms with Gasteiger partial charge in [0, 0.05) is 25.1 Å². The third kappa shape index (κ3) is 4.93. The second-order valence-electron chi connectivity index (χ2n) is 5.82. The Morgan fingerprint density at radius 2 is 2.00 bits per heavy atom. The number of ether oxygens (including phenoxy) is 1. The van der Waals surface area contributed by atoms with Gasteiger partial charge in [-0.3, -0.25) is 4.79 Å². The zero-order chi connectivity index (χ0) is 16.0. The van der Waals surface area contributed by atoms with Gasteiger partial charge in [0.15, 0.2) is 0 Å². The number of unbranched alkanes of at least 4 members (excludes halogenated alkanes) is 1. The summed E-state index contributed by atoms with van der Waals surface area (Å²) in [6.45, 7) is 0.239. The highest BCUT2D eigenvalue weighted by molar-refractivity contribution is 5.70. The molecule has 0 atom stereocenters. The molecule has 1 aromatic heterocycles. The van der Waals surface area contributed by atoms with Crippen molar-refractivity contribution in [2.24, 2.45) is 5.92 Å². The number of aromatic nitrogens is 1. The molecule has 1 aromatic rings. The third-order valence-corrected chi connectivity index (χ3v) is 4.09. The quantitative estimate of drug-likeness (QED) is 0.776. The molecule has 1 fully saturated rings. The second-order valence-corrected chi connectivity index (χ2v) is 5.82. The van der Waals surface area contributed by atoms with Crippen molar-refractivity contribution < 1.29 is 18.3 Å². The normalized spacial score (nSPS) is 18.1. The van der Waals surface area contributed by atoms with Gasteiger partial charge in [-0.2, -0.15) is 0 Å². The molecular formula is C16H21F2NO3. The molecule has 0 aliphatic heterocycles. The maximum atomic E-state index is 13.0. The lowest BCUT2D eigenvalue weighted by Gasteiger charge is -2.28. The van der Waals surface area contributed by atoms with E-state index in [4.69, 9.17) is 4.74 Å². The molecule has 0 N–H and O–H groups in total. The predicted molar refractivity (Wildman–Crippen MR) is 78.2 cm³/mol. The predicted octanol–water partition coefficient (Wildman–Crippen LogP) is 3.83. The van der Waals surface area contributed by atoms with Crippen molar-refractivity contribution in [2.75, 3.05) is 6.61 Å². The van der Waals surface area contributed by atoms with Crippen LogP contribution in [0.1, 0.15) is 44.9 Å². The van der Waals surface area contributed by atoms with Gasteiger partial charge in [-0.05, 0) is 37.7 Å². The zero-order valence-corrected chi connectivity index (χ0v) is 12.5. The molecule has 0 spiro atoms. The number of pyridine rings is 1. The number of carbonyl (C=O) groups excluding carboxylic acids is 1. The lowest BCUT2D eigenvalue weighted by molar-refractivity contribution is -0.0467. The number of hydrogen-bond acceptors (Lipinski definition) is 3. The van der Waals surface area contributed by atoms with E-state index in [1.807, 2.05) is 0 Å². The molecule has 4 nitrogen and oxygen atoms in total. The fourth-order valence-electron chi connectivity index (χ4n) is 2.73. The molecule has 0 saturated heterocycles. The summed E-state index contributed by atoms with van der Waals surface area (Å²) in [5, 5.41) is 0. The molecule has 0 radical (unpaired) electrons. The summed E-state index contributed by atoms with van der Waals surface area (Å²) < 4.78 is 32.0. The Balaban J connectivity index is 1.61. The SMILES string of the molecule is O=C(OCCCCC1CCC(F)(F)CC1)n1ccccc1=O. The van der Waals surface area contributed by atoms with Gasteiger partial charge in [0.2, 0.25) is 5.92 Å². The number of hydrogen-bond donors (Lipinski definition) is 0. The van der Waals surface area contributed by atoms with Gasteiger partial charge >= 0.3 is 6.09 Å². The second kappa shape index (κ2) is 7.51. The summed E-state index contributed by atoms with van der Waals surface area (Å²) in [5.74, 6) is -2.12. The molecule has 2 rings (SSSR count). The van der Waals surface area contributed by atoms with E-state index < -0.39 is 17.6 Å². The van der Waals surface area contributed by atoms with Gasteiger partial charge in [0.05, 0.1) is 6.61 Å². The Morgan fingerprint density at radius 1 is 1.27 bits per heavy atom. The van der Waals surface area contributed by atoms with Crippen LogP contribution in [-0.2, 0) is 4.74 Å². The van der Waals surface area contributed by atoms with Gasteiger partial charge < -0.3 is 4.74 Å². The van der Waals surface area contributed by atoms with E-state index in [2.05, 4.69) is 0 Å². The van der Waals surface area contributed by atoms with Crippen LogP contribution in [0.15, 0.2) is 29.2 Å². The minimum absolute atomic E-state index is 0.0103. The fraction of sp³-hybridized carbons (Fsp3) is 0.625. The number of alkyl halides is 2. The lowest BCUT2D eigenvalue weighted by atomic mass is 9.84. The van der Waals surface area contributed by atoms with Crippen LogP contribution in [0.2, 0.25) is 0 Å². The highest BCUT2D eigenvalue weighted by atomic mass is 19.3. The Labute approximate surface area is 128 Å². The molecule has 0 aromatic carbocycles. The molecule has 0 unspecified atom stereocenters. The molecule has 1 aliphatic rings. The van der Waals surface area contributed by atoms with Gasteiger partial charge in [-0.25, -0.2) is 18.1 Å². The van der Waals surface area contributed by atoms with E-state index in [9.17, 15) is 18.4 Å². The molecule has 1 aliphatic carbocycles. The number of rotatable bonds is 5. The van der Waals surface area contributed by atoms with Crippen LogP contribution < -0.4 is 5.56 Å². The fourth-order valence-corrected chi connectivity index (χ4v) is 2.73. The van der Waals surface area contributed by atoms with Crippen LogP contribution >= 0.6 is 0 Å². The molecule has 1 heterocycles. The summed E-state index contributed by atoms with van der Waals surface area (Å²) in [6, 6.07) is 4.43. The molecule has 0 bridgehead atoms. The maximum Gasteiger partial charge on any atom is 0.420 e. The van der Waals surface area contributed by atoms with Crippen LogP contribution in [0.3, 0.4) is 0 Å². The molecule has 122 valence electrons. The van der Waals surface area contributed by atoms with Gasteiger partial charge in [-0.1, -0.05) is 12.5 Å². The van der Waals surface area contributed by atoms with E-state index >= 15 is 0 Å². The summed E-state index contributed by atoms with van der Waals surface area (Å²) >= 11 is 0. The van der Waals surface area contributed by atoms with E-state index in [0.29, 0.717) is 25.2 Å². The lowest BCUT2D eigenvalue weighted by Crippen LogP contribution is -2.26. The van der Waals surface area contributed by atoms with Gasteiger partial charge in [0.25, 0.3) is 5.56 Å². The highest BCUT2D eigenvalue weighted by Crippen LogP contribution is 2.37. The standard InChI is InChI=1S/C16H21F2NO3/c17-16(18)9-7-13(8-10-16)5-2-4-12-22-15(21)19-11-3-1-6-14(19)20/h1,3,6,11,13H,2,4-5,7-10,12H2. The number of halogens is 2. The molecule has 0 amide bonds. The van der Waals surface area contributed by atoms with Gasteiger partial charge in [0.1, 0.15) is 0 Å². The van der Waals surface area contributed by atoms with Crippen LogP contribution in [0.4, 0.5) is 13.6 Å². The highest BCUT2D eigenvalue weighted by Gasteiger charge is 2.34. The van der Waals surface area contributed by atoms with Crippen LogP contribution in [0.5, 0.6) is 0 Å². The average molecular weight is 313 g/mol. The van der Waals surface area contributed by atoms with Crippen molar-refractivity contribution in [2.45, 2.75) is 50.9 Å². The topological polar surface area (TPSA) is 48.3 Å². The van der Waals surface area contributed by atoms with Crippen molar-refractivity contribution in [3.63, 3.8) is 0 Å². The van der Waals surface area contributed by atoms with Crippen molar-refractivity contribution in [1.29, 1.82) is 0 Å². The molecule has 1 saturated carbocycles. The Hall–Kier alpha value is -1.72. The van der Waals surface area contributed by atoms with E-state index in [1.54, 1.807) is 12.1 Å². The largest absolute Gasteiger partial charge is 0.449 e. The molecule has 6 heteroatoms. The summed E-state index contributed by atoms with van der Waals surface area (Å²) in [5.41, 5.74) is -0.421.